The van der Waals surface area contributed by atoms with Gasteiger partial charge < -0.3 is 20.6 Å². The van der Waals surface area contributed by atoms with Gasteiger partial charge in [-0.2, -0.15) is 0 Å². The van der Waals surface area contributed by atoms with Gasteiger partial charge in [0.1, 0.15) is 0 Å². The van der Waals surface area contributed by atoms with E-state index < -0.39 is 0 Å². The van der Waals surface area contributed by atoms with E-state index in [4.69, 9.17) is 11.6 Å². The molecular weight excluding hydrogens is 476 g/mol. The Morgan fingerprint density at radius 1 is 1.00 bits per heavy atom. The van der Waals surface area contributed by atoms with Crippen molar-refractivity contribution >= 4 is 34.9 Å². The maximum atomic E-state index is 13.2. The number of β-amino-alcohol motifs (C(OH)–C–C–N with tert-alkyl or cyclic N) is 1. The zero-order valence-electron chi connectivity index (χ0n) is 20.2. The van der Waals surface area contributed by atoms with Crippen LogP contribution in [-0.2, 0) is 11.2 Å². The lowest BCUT2D eigenvalue weighted by atomic mass is 10.0. The number of hydrogen-bond acceptors (Lipinski definition) is 4. The van der Waals surface area contributed by atoms with E-state index in [1.807, 2.05) is 49.5 Å². The molecule has 2 atom stereocenters. The van der Waals surface area contributed by atoms with E-state index in [1.165, 1.54) is 0 Å². The molecule has 1 heterocycles. The van der Waals surface area contributed by atoms with Crippen LogP contribution in [0.15, 0.2) is 78.9 Å². The zero-order chi connectivity index (χ0) is 25.5. The van der Waals surface area contributed by atoms with Crippen LogP contribution in [0.1, 0.15) is 23.6 Å². The molecule has 1 aliphatic heterocycles. The van der Waals surface area contributed by atoms with Crippen LogP contribution in [0.5, 0.6) is 0 Å². The highest BCUT2D eigenvalue weighted by atomic mass is 35.5. The maximum Gasteiger partial charge on any atom is 0.323 e. The van der Waals surface area contributed by atoms with Crippen LogP contribution >= 0.6 is 11.6 Å². The molecule has 188 valence electrons. The first-order chi connectivity index (χ1) is 17.4. The van der Waals surface area contributed by atoms with E-state index >= 15 is 0 Å². The summed E-state index contributed by atoms with van der Waals surface area (Å²) in [7, 11) is 1.84. The number of likely N-dealkylation sites (N-methyl/N-ethyl adjacent to an activating group) is 1. The first-order valence-electron chi connectivity index (χ1n) is 12.0. The Morgan fingerprint density at radius 3 is 2.19 bits per heavy atom. The lowest BCUT2D eigenvalue weighted by Crippen LogP contribution is -2.39. The summed E-state index contributed by atoms with van der Waals surface area (Å²) in [5.74, 6) is 0.00443. The minimum atomic E-state index is -0.362. The van der Waals surface area contributed by atoms with Gasteiger partial charge in [0.15, 0.2) is 0 Å². The minimum absolute atomic E-state index is 0.00443. The van der Waals surface area contributed by atoms with E-state index in [1.54, 1.807) is 41.3 Å². The van der Waals surface area contributed by atoms with Crippen molar-refractivity contribution in [3.8, 4) is 0 Å². The first kappa shape index (κ1) is 25.7. The summed E-state index contributed by atoms with van der Waals surface area (Å²) in [6.07, 6.45) is 0.708. The van der Waals surface area contributed by atoms with Crippen molar-refractivity contribution in [3.63, 3.8) is 0 Å². The molecule has 0 bridgehead atoms. The van der Waals surface area contributed by atoms with Gasteiger partial charge >= 0.3 is 6.03 Å². The third-order valence-electron chi connectivity index (χ3n) is 6.39. The number of amides is 3. The van der Waals surface area contributed by atoms with E-state index in [0.29, 0.717) is 29.5 Å². The number of anilines is 2. The molecule has 1 saturated heterocycles. The van der Waals surface area contributed by atoms with E-state index in [-0.39, 0.29) is 30.5 Å². The molecule has 1 aliphatic rings. The number of rotatable bonds is 8. The molecule has 4 rings (SSSR count). The lowest BCUT2D eigenvalue weighted by Gasteiger charge is -2.32. The van der Waals surface area contributed by atoms with Crippen LogP contribution in [0.3, 0.4) is 0 Å². The number of nitrogens with one attached hydrogen (secondary N) is 2. The summed E-state index contributed by atoms with van der Waals surface area (Å²) in [6, 6.07) is 23.6. The topological polar surface area (TPSA) is 84.9 Å². The van der Waals surface area contributed by atoms with Gasteiger partial charge in [-0.3, -0.25) is 9.69 Å². The van der Waals surface area contributed by atoms with Crippen molar-refractivity contribution in [1.29, 1.82) is 0 Å². The van der Waals surface area contributed by atoms with Crippen LogP contribution in [0.25, 0.3) is 0 Å². The fourth-order valence-corrected chi connectivity index (χ4v) is 4.48. The standard InChI is InChI=1S/C28H31ClN4O3/c1-32(26(21-5-3-2-4-6-21)19-33-16-15-25(34)18-33)27(35)17-20-7-11-23(12-8-20)30-28(36)31-24-13-9-22(29)10-14-24/h2-14,25-26,34H,15-19H2,1H3,(H2,30,31,36)/t25-,26+/m0/s1. The van der Waals surface area contributed by atoms with Crippen molar-refractivity contribution in [2.24, 2.45) is 0 Å². The fourth-order valence-electron chi connectivity index (χ4n) is 4.36. The van der Waals surface area contributed by atoms with Crippen molar-refractivity contribution < 1.29 is 14.7 Å². The number of carbonyl (C=O) groups is 2. The highest BCUT2D eigenvalue weighted by Gasteiger charge is 2.28. The van der Waals surface area contributed by atoms with Crippen molar-refractivity contribution in [2.75, 3.05) is 37.3 Å². The molecule has 0 saturated carbocycles. The number of aliphatic hydroxyl groups excluding tert-OH is 1. The van der Waals surface area contributed by atoms with Crippen LogP contribution in [-0.4, -0.2) is 59.6 Å². The number of benzene rings is 3. The molecule has 3 amide bonds. The predicted molar refractivity (Wildman–Crippen MR) is 143 cm³/mol. The van der Waals surface area contributed by atoms with Gasteiger partial charge in [0.05, 0.1) is 18.6 Å². The Bertz CT molecular complexity index is 1160. The molecule has 0 aliphatic carbocycles. The molecule has 3 N–H and O–H groups in total. The first-order valence-corrected chi connectivity index (χ1v) is 12.4. The van der Waals surface area contributed by atoms with Gasteiger partial charge in [-0.15, -0.1) is 0 Å². The molecule has 3 aromatic rings. The molecule has 1 fully saturated rings. The van der Waals surface area contributed by atoms with Crippen LogP contribution in [0.2, 0.25) is 5.02 Å². The smallest absolute Gasteiger partial charge is 0.323 e. The zero-order valence-corrected chi connectivity index (χ0v) is 21.0. The summed E-state index contributed by atoms with van der Waals surface area (Å²) >= 11 is 5.87. The van der Waals surface area contributed by atoms with Gasteiger partial charge in [0.25, 0.3) is 0 Å². The second-order valence-electron chi connectivity index (χ2n) is 9.09. The summed E-state index contributed by atoms with van der Waals surface area (Å²) in [5.41, 5.74) is 3.19. The summed E-state index contributed by atoms with van der Waals surface area (Å²) < 4.78 is 0. The number of urea groups is 1. The normalized spacial score (nSPS) is 16.4. The highest BCUT2D eigenvalue weighted by Crippen LogP contribution is 2.24. The van der Waals surface area contributed by atoms with Gasteiger partial charge in [-0.1, -0.05) is 54.1 Å². The SMILES string of the molecule is CN(C(=O)Cc1ccc(NC(=O)Nc2ccc(Cl)cc2)cc1)[C@H](CN1CC[C@H](O)C1)c1ccccc1. The van der Waals surface area contributed by atoms with Gasteiger partial charge in [-0.05, 0) is 53.9 Å². The molecule has 0 radical (unpaired) electrons. The number of nitrogens with zero attached hydrogens (tertiary/aromatic N) is 2. The largest absolute Gasteiger partial charge is 0.392 e. The van der Waals surface area contributed by atoms with Crippen LogP contribution in [0, 0.1) is 0 Å². The highest BCUT2D eigenvalue weighted by molar-refractivity contribution is 6.30. The second-order valence-corrected chi connectivity index (χ2v) is 9.53. The summed E-state index contributed by atoms with van der Waals surface area (Å²) in [5, 5.41) is 16.1. The van der Waals surface area contributed by atoms with Crippen LogP contribution < -0.4 is 10.6 Å². The van der Waals surface area contributed by atoms with Crippen molar-refractivity contribution in [1.82, 2.24) is 9.80 Å². The number of hydrogen-bond donors (Lipinski definition) is 3. The van der Waals surface area contributed by atoms with Gasteiger partial charge in [-0.25, -0.2) is 4.79 Å². The molecule has 36 heavy (non-hydrogen) atoms. The number of carbonyl (C=O) groups excluding carboxylic acids is 2. The molecule has 0 spiro atoms. The molecule has 0 unspecified atom stereocenters. The average Bonchev–Trinajstić information content (AvgIpc) is 3.30. The van der Waals surface area contributed by atoms with Crippen LogP contribution in [0.4, 0.5) is 16.2 Å². The summed E-state index contributed by atoms with van der Waals surface area (Å²) in [4.78, 5) is 29.5. The Hall–Kier alpha value is -3.39. The second kappa shape index (κ2) is 12.0. The monoisotopic (exact) mass is 506 g/mol. The van der Waals surface area contributed by atoms with E-state index in [9.17, 15) is 14.7 Å². The van der Waals surface area contributed by atoms with Gasteiger partial charge in [0.2, 0.25) is 5.91 Å². The average molecular weight is 507 g/mol. The van der Waals surface area contributed by atoms with Crippen molar-refractivity contribution in [2.45, 2.75) is 25.0 Å². The van der Waals surface area contributed by atoms with E-state index in [0.717, 1.165) is 24.1 Å². The number of likely N-dealkylation sites (tertiary alicyclic amines) is 1. The molecular formula is C28H31ClN4O3. The minimum Gasteiger partial charge on any atom is -0.392 e. The third-order valence-corrected chi connectivity index (χ3v) is 6.65. The third kappa shape index (κ3) is 7.07. The summed E-state index contributed by atoms with van der Waals surface area (Å²) in [6.45, 7) is 2.13. The Kier molecular flexibility index (Phi) is 8.59. The van der Waals surface area contributed by atoms with Gasteiger partial charge in [0, 0.05) is 43.1 Å². The maximum absolute atomic E-state index is 13.2. The van der Waals surface area contributed by atoms with Crippen molar-refractivity contribution in [3.05, 3.63) is 95.0 Å². The van der Waals surface area contributed by atoms with E-state index in [2.05, 4.69) is 15.5 Å². The fraction of sp³-hybridized carbons (Fsp3) is 0.286. The molecule has 0 aromatic heterocycles. The Morgan fingerprint density at radius 2 is 1.61 bits per heavy atom. The molecule has 7 nitrogen and oxygen atoms in total. The molecule has 3 aromatic carbocycles. The Balaban J connectivity index is 1.36. The number of aliphatic hydroxyl groups is 1. The number of halogens is 1. The predicted octanol–water partition coefficient (Wildman–Crippen LogP) is 4.79. The quantitative estimate of drug-likeness (QED) is 0.410. The molecule has 8 heteroatoms. The lowest BCUT2D eigenvalue weighted by molar-refractivity contribution is -0.131. The Labute approximate surface area is 216 Å².